The molecule has 1 rings (SSSR count). The van der Waals surface area contributed by atoms with Gasteiger partial charge in [0.05, 0.1) is 6.42 Å². The molecule has 0 atom stereocenters. The van der Waals surface area contributed by atoms with Crippen molar-refractivity contribution in [2.24, 2.45) is 0 Å². The number of hydrogen-bond acceptors (Lipinski definition) is 2. The average Bonchev–Trinajstić information content (AvgIpc) is 2.55. The molecule has 0 saturated heterocycles. The van der Waals surface area contributed by atoms with Gasteiger partial charge in [-0.25, -0.2) is 0 Å². The van der Waals surface area contributed by atoms with Crippen molar-refractivity contribution in [2.75, 3.05) is 5.33 Å². The molecule has 0 unspecified atom stereocenters. The molecule has 0 spiro atoms. The van der Waals surface area contributed by atoms with E-state index >= 15 is 0 Å². The first-order valence-corrected chi connectivity index (χ1v) is 6.43. The van der Waals surface area contributed by atoms with E-state index in [1.165, 1.54) is 0 Å². The van der Waals surface area contributed by atoms with Crippen molar-refractivity contribution in [3.8, 4) is 0 Å². The van der Waals surface area contributed by atoms with Gasteiger partial charge in [0.25, 0.3) is 0 Å². The molecule has 0 aliphatic rings. The minimum Gasteiger partial charge on any atom is -0.350 e. The van der Waals surface area contributed by atoms with E-state index < -0.39 is 0 Å². The van der Waals surface area contributed by atoms with E-state index in [1.54, 1.807) is 11.3 Å². The molecule has 1 heterocycles. The van der Waals surface area contributed by atoms with Gasteiger partial charge in [0.1, 0.15) is 0 Å². The normalized spacial score (nSPS) is 11.4. The van der Waals surface area contributed by atoms with Gasteiger partial charge < -0.3 is 5.32 Å². The fraction of sp³-hybridized carbons (Fsp3) is 0.500. The summed E-state index contributed by atoms with van der Waals surface area (Å²) < 4.78 is 0. The number of amides is 1. The van der Waals surface area contributed by atoms with Crippen LogP contribution >= 0.6 is 27.3 Å². The van der Waals surface area contributed by atoms with Gasteiger partial charge in [-0.15, -0.1) is 11.3 Å². The molecule has 0 bridgehead atoms. The number of rotatable bonds is 4. The highest BCUT2D eigenvalue weighted by molar-refractivity contribution is 9.09. The number of alkyl halides is 1. The maximum Gasteiger partial charge on any atom is 0.225 e. The second kappa shape index (κ2) is 4.94. The van der Waals surface area contributed by atoms with E-state index in [1.807, 2.05) is 31.4 Å². The van der Waals surface area contributed by atoms with Crippen LogP contribution in [0.4, 0.5) is 0 Å². The van der Waals surface area contributed by atoms with Crippen molar-refractivity contribution in [2.45, 2.75) is 25.8 Å². The van der Waals surface area contributed by atoms with Crippen LogP contribution in [-0.4, -0.2) is 16.8 Å². The van der Waals surface area contributed by atoms with E-state index in [0.29, 0.717) is 6.42 Å². The molecule has 1 aromatic rings. The molecule has 14 heavy (non-hydrogen) atoms. The second-order valence-corrected chi connectivity index (χ2v) is 5.41. The Morgan fingerprint density at radius 2 is 2.36 bits per heavy atom. The zero-order valence-corrected chi connectivity index (χ0v) is 10.7. The zero-order valence-electron chi connectivity index (χ0n) is 8.34. The van der Waals surface area contributed by atoms with Crippen LogP contribution in [0.1, 0.15) is 18.7 Å². The number of halogens is 1. The van der Waals surface area contributed by atoms with Crippen LogP contribution in [0.2, 0.25) is 0 Å². The van der Waals surface area contributed by atoms with E-state index in [0.717, 1.165) is 10.2 Å². The Hall–Kier alpha value is -0.350. The Morgan fingerprint density at radius 3 is 2.86 bits per heavy atom. The quantitative estimate of drug-likeness (QED) is 0.841. The first-order chi connectivity index (χ1) is 6.53. The van der Waals surface area contributed by atoms with Crippen molar-refractivity contribution >= 4 is 33.2 Å². The number of thiophene rings is 1. The van der Waals surface area contributed by atoms with Crippen LogP contribution in [0.3, 0.4) is 0 Å². The average molecular weight is 276 g/mol. The van der Waals surface area contributed by atoms with Crippen molar-refractivity contribution in [1.29, 1.82) is 0 Å². The third-order valence-corrected chi connectivity index (χ3v) is 4.00. The highest BCUT2D eigenvalue weighted by atomic mass is 79.9. The van der Waals surface area contributed by atoms with Gasteiger partial charge in [-0.05, 0) is 25.3 Å². The Morgan fingerprint density at radius 1 is 1.64 bits per heavy atom. The SMILES string of the molecule is CC(C)(CBr)NC(=O)Cc1cccs1. The molecule has 78 valence electrons. The van der Waals surface area contributed by atoms with Crippen molar-refractivity contribution < 1.29 is 4.79 Å². The lowest BCUT2D eigenvalue weighted by molar-refractivity contribution is -0.121. The molecule has 1 amide bonds. The molecule has 0 fully saturated rings. The van der Waals surface area contributed by atoms with Crippen LogP contribution in [-0.2, 0) is 11.2 Å². The number of carbonyl (C=O) groups excluding carboxylic acids is 1. The molecule has 4 heteroatoms. The Bertz CT molecular complexity index is 295. The van der Waals surface area contributed by atoms with E-state index in [9.17, 15) is 4.79 Å². The van der Waals surface area contributed by atoms with Gasteiger partial charge in [0.2, 0.25) is 5.91 Å². The van der Waals surface area contributed by atoms with Gasteiger partial charge in [0.15, 0.2) is 0 Å². The lowest BCUT2D eigenvalue weighted by atomic mass is 10.1. The Kier molecular flexibility index (Phi) is 4.13. The molecule has 1 aromatic heterocycles. The van der Waals surface area contributed by atoms with Crippen LogP contribution in [0.5, 0.6) is 0 Å². The van der Waals surface area contributed by atoms with E-state index in [4.69, 9.17) is 0 Å². The number of nitrogens with one attached hydrogen (secondary N) is 1. The minimum absolute atomic E-state index is 0.0805. The van der Waals surface area contributed by atoms with Crippen LogP contribution in [0, 0.1) is 0 Å². The Labute approximate surface area is 96.8 Å². The smallest absolute Gasteiger partial charge is 0.225 e. The largest absolute Gasteiger partial charge is 0.350 e. The molecule has 0 aliphatic carbocycles. The summed E-state index contributed by atoms with van der Waals surface area (Å²) in [4.78, 5) is 12.7. The fourth-order valence-electron chi connectivity index (χ4n) is 1.03. The first-order valence-electron chi connectivity index (χ1n) is 4.43. The Balaban J connectivity index is 2.44. The summed E-state index contributed by atoms with van der Waals surface area (Å²) in [6.07, 6.45) is 0.480. The summed E-state index contributed by atoms with van der Waals surface area (Å²) in [5, 5.41) is 5.71. The van der Waals surface area contributed by atoms with Crippen molar-refractivity contribution in [1.82, 2.24) is 5.32 Å². The zero-order chi connectivity index (χ0) is 10.6. The molecule has 2 nitrogen and oxygen atoms in total. The van der Waals surface area contributed by atoms with Gasteiger partial charge in [-0.2, -0.15) is 0 Å². The highest BCUT2D eigenvalue weighted by Crippen LogP contribution is 2.11. The fourth-order valence-corrected chi connectivity index (χ4v) is 1.87. The predicted molar refractivity (Wildman–Crippen MR) is 64.0 cm³/mol. The number of hydrogen-bond donors (Lipinski definition) is 1. The van der Waals surface area contributed by atoms with Crippen LogP contribution < -0.4 is 5.32 Å². The molecular formula is C10H14BrNOS. The summed E-state index contributed by atoms with van der Waals surface area (Å²) in [5.74, 6) is 0.0805. The number of carbonyl (C=O) groups is 1. The van der Waals surface area contributed by atoms with E-state index in [2.05, 4.69) is 21.2 Å². The first kappa shape index (κ1) is 11.7. The van der Waals surface area contributed by atoms with Crippen molar-refractivity contribution in [3.05, 3.63) is 22.4 Å². The second-order valence-electron chi connectivity index (χ2n) is 3.82. The van der Waals surface area contributed by atoms with Gasteiger partial charge in [-0.3, -0.25) is 4.79 Å². The molecule has 0 saturated carbocycles. The van der Waals surface area contributed by atoms with Crippen molar-refractivity contribution in [3.63, 3.8) is 0 Å². The topological polar surface area (TPSA) is 29.1 Å². The van der Waals surface area contributed by atoms with Crippen LogP contribution in [0.15, 0.2) is 17.5 Å². The lowest BCUT2D eigenvalue weighted by Gasteiger charge is -2.23. The molecule has 0 radical (unpaired) electrons. The summed E-state index contributed by atoms with van der Waals surface area (Å²) in [6.45, 7) is 3.99. The maximum absolute atomic E-state index is 11.6. The monoisotopic (exact) mass is 275 g/mol. The standard InChI is InChI=1S/C10H14BrNOS/c1-10(2,7-11)12-9(13)6-8-4-3-5-14-8/h3-5H,6-7H2,1-2H3,(H,12,13). The molecule has 1 N–H and O–H groups in total. The summed E-state index contributed by atoms with van der Waals surface area (Å²) >= 11 is 4.98. The van der Waals surface area contributed by atoms with E-state index in [-0.39, 0.29) is 11.4 Å². The van der Waals surface area contributed by atoms with Gasteiger partial charge >= 0.3 is 0 Å². The third-order valence-electron chi connectivity index (χ3n) is 1.73. The molecule has 0 aliphatic heterocycles. The van der Waals surface area contributed by atoms with Crippen LogP contribution in [0.25, 0.3) is 0 Å². The van der Waals surface area contributed by atoms with Gasteiger partial charge in [0, 0.05) is 15.7 Å². The lowest BCUT2D eigenvalue weighted by Crippen LogP contribution is -2.45. The minimum atomic E-state index is -0.172. The summed E-state index contributed by atoms with van der Waals surface area (Å²) in [7, 11) is 0. The summed E-state index contributed by atoms with van der Waals surface area (Å²) in [6, 6.07) is 3.94. The van der Waals surface area contributed by atoms with Gasteiger partial charge in [-0.1, -0.05) is 22.0 Å². The highest BCUT2D eigenvalue weighted by Gasteiger charge is 2.18. The predicted octanol–water partition coefficient (Wildman–Crippen LogP) is 2.58. The molecular weight excluding hydrogens is 262 g/mol. The maximum atomic E-state index is 11.6. The summed E-state index contributed by atoms with van der Waals surface area (Å²) in [5.41, 5.74) is -0.172. The third kappa shape index (κ3) is 3.80. The molecule has 0 aromatic carbocycles.